The van der Waals surface area contributed by atoms with Crippen molar-refractivity contribution in [3.05, 3.63) is 46.3 Å². The number of carbonyl (C=O) groups is 2. The van der Waals surface area contributed by atoms with E-state index in [1.807, 2.05) is 18.4 Å². The van der Waals surface area contributed by atoms with Crippen molar-refractivity contribution in [1.82, 2.24) is 0 Å². The Morgan fingerprint density at radius 2 is 1.74 bits per heavy atom. The molecule has 1 aromatic carbocycles. The number of aryl methyl sites for hydroxylation is 1. The number of aliphatic hydroxyl groups is 2. The smallest absolute Gasteiger partial charge is 0.295 e. The van der Waals surface area contributed by atoms with Crippen molar-refractivity contribution in [3.8, 4) is 10.4 Å². The van der Waals surface area contributed by atoms with Crippen LogP contribution in [0.25, 0.3) is 10.4 Å². The molecule has 1 heterocycles. The van der Waals surface area contributed by atoms with E-state index in [2.05, 4.69) is 0 Å². The first kappa shape index (κ1) is 12.2. The van der Waals surface area contributed by atoms with E-state index in [1.165, 1.54) is 23.5 Å². The van der Waals surface area contributed by atoms with Gasteiger partial charge in [-0.25, -0.2) is 0 Å². The van der Waals surface area contributed by atoms with Gasteiger partial charge < -0.3 is 10.2 Å². The molecule has 96 valence electrons. The Morgan fingerprint density at radius 3 is 2.37 bits per heavy atom. The first-order valence-electron chi connectivity index (χ1n) is 5.65. The molecule has 2 aromatic rings. The standard InChI is InChI=1S/C14H10O4S/c1-7-4-11(19-6-7)8-2-3-9-10(5-8)13(16)14(17,18)12(9)15/h2-6,17-18H,1H3. The normalized spacial score (nSPS) is 16.8. The molecule has 2 N–H and O–H groups in total. The van der Waals surface area contributed by atoms with Crippen LogP contribution in [0.2, 0.25) is 0 Å². The lowest BCUT2D eigenvalue weighted by molar-refractivity contribution is -0.0857. The lowest BCUT2D eigenvalue weighted by atomic mass is 10.0. The van der Waals surface area contributed by atoms with Crippen LogP contribution < -0.4 is 0 Å². The van der Waals surface area contributed by atoms with Crippen molar-refractivity contribution in [2.75, 3.05) is 0 Å². The van der Waals surface area contributed by atoms with Gasteiger partial charge in [-0.15, -0.1) is 11.3 Å². The summed E-state index contributed by atoms with van der Waals surface area (Å²) in [5.41, 5.74) is 2.03. The van der Waals surface area contributed by atoms with Crippen LogP contribution in [-0.4, -0.2) is 27.6 Å². The highest BCUT2D eigenvalue weighted by Gasteiger charge is 2.50. The highest BCUT2D eigenvalue weighted by atomic mass is 32.1. The summed E-state index contributed by atoms with van der Waals surface area (Å²) in [6, 6.07) is 6.68. The Labute approximate surface area is 112 Å². The zero-order valence-corrected chi connectivity index (χ0v) is 10.8. The molecule has 0 fully saturated rings. The fourth-order valence-corrected chi connectivity index (χ4v) is 3.04. The van der Waals surface area contributed by atoms with Crippen LogP contribution in [0.5, 0.6) is 0 Å². The zero-order chi connectivity index (χ0) is 13.8. The van der Waals surface area contributed by atoms with Crippen LogP contribution in [0.3, 0.4) is 0 Å². The third kappa shape index (κ3) is 1.67. The number of thiophene rings is 1. The van der Waals surface area contributed by atoms with E-state index in [0.29, 0.717) is 0 Å². The highest BCUT2D eigenvalue weighted by molar-refractivity contribution is 7.13. The quantitative estimate of drug-likeness (QED) is 0.614. The van der Waals surface area contributed by atoms with E-state index in [1.54, 1.807) is 6.07 Å². The van der Waals surface area contributed by atoms with E-state index in [9.17, 15) is 19.8 Å². The van der Waals surface area contributed by atoms with Gasteiger partial charge >= 0.3 is 0 Å². The second kappa shape index (κ2) is 3.84. The minimum atomic E-state index is -2.91. The minimum absolute atomic E-state index is 0.0621. The molecule has 0 unspecified atom stereocenters. The van der Waals surface area contributed by atoms with Crippen molar-refractivity contribution < 1.29 is 19.8 Å². The molecule has 0 amide bonds. The monoisotopic (exact) mass is 274 g/mol. The SMILES string of the molecule is Cc1csc(-c2ccc3c(c2)C(=O)C(O)(O)C3=O)c1. The number of hydrogen-bond donors (Lipinski definition) is 2. The van der Waals surface area contributed by atoms with Gasteiger partial charge in [-0.3, -0.25) is 9.59 Å². The predicted octanol–water partition coefficient (Wildman–Crippen LogP) is 1.78. The Balaban J connectivity index is 2.15. The van der Waals surface area contributed by atoms with Gasteiger partial charge in [0.15, 0.2) is 0 Å². The van der Waals surface area contributed by atoms with Crippen LogP contribution in [-0.2, 0) is 0 Å². The van der Waals surface area contributed by atoms with Crippen LogP contribution in [0.15, 0.2) is 29.6 Å². The lowest BCUT2D eigenvalue weighted by Crippen LogP contribution is -2.40. The largest absolute Gasteiger partial charge is 0.353 e. The van der Waals surface area contributed by atoms with Crippen molar-refractivity contribution in [1.29, 1.82) is 0 Å². The molecule has 3 rings (SSSR count). The Bertz CT molecular complexity index is 712. The maximum Gasteiger partial charge on any atom is 0.295 e. The second-order valence-corrected chi connectivity index (χ2v) is 5.49. The number of fused-ring (bicyclic) bond motifs is 1. The third-order valence-corrected chi connectivity index (χ3v) is 4.25. The van der Waals surface area contributed by atoms with Gasteiger partial charge in [-0.2, -0.15) is 0 Å². The summed E-state index contributed by atoms with van der Waals surface area (Å²) in [5, 5.41) is 20.9. The van der Waals surface area contributed by atoms with E-state index < -0.39 is 17.4 Å². The average molecular weight is 274 g/mol. The molecule has 19 heavy (non-hydrogen) atoms. The number of Topliss-reactive ketones (excluding diaryl/α,β-unsaturated/α-hetero) is 2. The number of ketones is 2. The minimum Gasteiger partial charge on any atom is -0.353 e. The Kier molecular flexibility index (Phi) is 2.47. The molecule has 1 aliphatic carbocycles. The molecule has 1 aromatic heterocycles. The lowest BCUT2D eigenvalue weighted by Gasteiger charge is -2.08. The van der Waals surface area contributed by atoms with Gasteiger partial charge in [-0.1, -0.05) is 6.07 Å². The Hall–Kier alpha value is -1.82. The van der Waals surface area contributed by atoms with Crippen LogP contribution >= 0.6 is 11.3 Å². The molecule has 5 heteroatoms. The second-order valence-electron chi connectivity index (χ2n) is 4.58. The summed E-state index contributed by atoms with van der Waals surface area (Å²) in [7, 11) is 0. The summed E-state index contributed by atoms with van der Waals surface area (Å²) in [6.07, 6.45) is 0. The van der Waals surface area contributed by atoms with Crippen molar-refractivity contribution >= 4 is 22.9 Å². The van der Waals surface area contributed by atoms with Gasteiger partial charge in [0.05, 0.1) is 0 Å². The van der Waals surface area contributed by atoms with Gasteiger partial charge in [-0.05, 0) is 41.6 Å². The van der Waals surface area contributed by atoms with Gasteiger partial charge in [0, 0.05) is 16.0 Å². The molecular formula is C14H10O4S. The molecule has 4 nitrogen and oxygen atoms in total. The molecule has 0 atom stereocenters. The molecule has 0 spiro atoms. The van der Waals surface area contributed by atoms with Gasteiger partial charge in [0.1, 0.15) is 0 Å². The molecule has 0 aliphatic heterocycles. The van der Waals surface area contributed by atoms with Crippen LogP contribution in [0.1, 0.15) is 26.3 Å². The first-order chi connectivity index (χ1) is 8.91. The predicted molar refractivity (Wildman–Crippen MR) is 70.3 cm³/mol. The van der Waals surface area contributed by atoms with E-state index in [0.717, 1.165) is 16.0 Å². The zero-order valence-electron chi connectivity index (χ0n) is 10.0. The molecular weight excluding hydrogens is 264 g/mol. The van der Waals surface area contributed by atoms with E-state index in [-0.39, 0.29) is 11.1 Å². The molecule has 0 saturated carbocycles. The average Bonchev–Trinajstić information content (AvgIpc) is 2.88. The fourth-order valence-electron chi connectivity index (χ4n) is 2.14. The third-order valence-electron chi connectivity index (χ3n) is 3.16. The van der Waals surface area contributed by atoms with Gasteiger partial charge in [0.2, 0.25) is 11.6 Å². The molecule has 1 aliphatic rings. The summed E-state index contributed by atoms with van der Waals surface area (Å²) in [5.74, 6) is -4.82. The maximum atomic E-state index is 11.8. The molecule has 0 bridgehead atoms. The topological polar surface area (TPSA) is 74.6 Å². The van der Waals surface area contributed by atoms with E-state index >= 15 is 0 Å². The highest BCUT2D eigenvalue weighted by Crippen LogP contribution is 2.34. The van der Waals surface area contributed by atoms with Crippen LogP contribution in [0.4, 0.5) is 0 Å². The van der Waals surface area contributed by atoms with Crippen molar-refractivity contribution in [2.24, 2.45) is 0 Å². The summed E-state index contributed by atoms with van der Waals surface area (Å²) in [4.78, 5) is 24.4. The number of benzene rings is 1. The Morgan fingerprint density at radius 1 is 1.05 bits per heavy atom. The summed E-state index contributed by atoms with van der Waals surface area (Å²) in [6.45, 7) is 1.97. The number of rotatable bonds is 1. The fraction of sp³-hybridized carbons (Fsp3) is 0.143. The van der Waals surface area contributed by atoms with Crippen molar-refractivity contribution in [3.63, 3.8) is 0 Å². The summed E-state index contributed by atoms with van der Waals surface area (Å²) >= 11 is 1.53. The molecule has 0 saturated heterocycles. The van der Waals surface area contributed by atoms with E-state index in [4.69, 9.17) is 0 Å². The number of hydrogen-bond acceptors (Lipinski definition) is 5. The first-order valence-corrected chi connectivity index (χ1v) is 6.53. The maximum absolute atomic E-state index is 11.8. The van der Waals surface area contributed by atoms with Gasteiger partial charge in [0.25, 0.3) is 5.79 Å². The number of carbonyl (C=O) groups excluding carboxylic acids is 2. The summed E-state index contributed by atoms with van der Waals surface area (Å²) < 4.78 is 0. The van der Waals surface area contributed by atoms with Crippen LogP contribution in [0, 0.1) is 6.92 Å². The van der Waals surface area contributed by atoms with Crippen molar-refractivity contribution in [2.45, 2.75) is 12.7 Å². The molecule has 0 radical (unpaired) electrons.